The lowest BCUT2D eigenvalue weighted by atomic mass is 10.1. The molecule has 5 rings (SSSR count). The van der Waals surface area contributed by atoms with Crippen LogP contribution in [0.4, 0.5) is 0 Å². The molecule has 6 heteroatoms. The highest BCUT2D eigenvalue weighted by Gasteiger charge is 2.14. The number of nitrogens with one attached hydrogen (secondary N) is 1. The molecular formula is C28H24ClN3O2. The summed E-state index contributed by atoms with van der Waals surface area (Å²) in [7, 11) is 0. The van der Waals surface area contributed by atoms with Crippen molar-refractivity contribution in [3.8, 4) is 5.75 Å². The van der Waals surface area contributed by atoms with Gasteiger partial charge in [-0.1, -0.05) is 72.3 Å². The highest BCUT2D eigenvalue weighted by molar-refractivity contribution is 6.33. The second kappa shape index (κ2) is 9.98. The first kappa shape index (κ1) is 22.0. The highest BCUT2D eigenvalue weighted by Crippen LogP contribution is 2.25. The molecule has 0 spiro atoms. The normalized spacial score (nSPS) is 11.1. The van der Waals surface area contributed by atoms with Crippen LogP contribution in [0.5, 0.6) is 5.75 Å². The van der Waals surface area contributed by atoms with E-state index in [1.54, 1.807) is 24.3 Å². The Hall–Kier alpha value is -3.83. The first-order valence-corrected chi connectivity index (χ1v) is 11.7. The first-order chi connectivity index (χ1) is 16.7. The quantitative estimate of drug-likeness (QED) is 0.273. The molecule has 1 aromatic heterocycles. The van der Waals surface area contributed by atoms with Crippen molar-refractivity contribution in [2.24, 2.45) is 0 Å². The Balaban J connectivity index is 1.28. The van der Waals surface area contributed by atoms with Crippen LogP contribution in [-0.4, -0.2) is 22.1 Å². The fourth-order valence-electron chi connectivity index (χ4n) is 4.14. The molecule has 0 aliphatic rings. The largest absolute Gasteiger partial charge is 0.493 e. The summed E-state index contributed by atoms with van der Waals surface area (Å²) >= 11 is 6.17. The molecule has 0 radical (unpaired) electrons. The van der Waals surface area contributed by atoms with Gasteiger partial charge in [0.15, 0.2) is 0 Å². The standard InChI is InChI=1S/C28H24ClN3O2/c29-23-13-4-3-12-22(23)28(33)30-19-27-31-24-14-5-6-15-25(24)32(27)17-8-18-34-26-16-7-10-20-9-1-2-11-21(20)26/h1-7,9-16H,8,17-19H2,(H,30,33). The maximum atomic E-state index is 12.6. The number of hydrogen-bond acceptors (Lipinski definition) is 3. The van der Waals surface area contributed by atoms with E-state index < -0.39 is 0 Å². The summed E-state index contributed by atoms with van der Waals surface area (Å²) in [6, 6.07) is 29.3. The van der Waals surface area contributed by atoms with Gasteiger partial charge in [-0.15, -0.1) is 0 Å². The van der Waals surface area contributed by atoms with E-state index in [0.29, 0.717) is 23.7 Å². The van der Waals surface area contributed by atoms with Crippen LogP contribution in [0.2, 0.25) is 5.02 Å². The zero-order valence-corrected chi connectivity index (χ0v) is 19.3. The van der Waals surface area contributed by atoms with Gasteiger partial charge in [-0.25, -0.2) is 4.98 Å². The van der Waals surface area contributed by atoms with Crippen LogP contribution in [0.3, 0.4) is 0 Å². The Morgan fingerprint density at radius 3 is 2.59 bits per heavy atom. The van der Waals surface area contributed by atoms with Gasteiger partial charge in [0.2, 0.25) is 0 Å². The van der Waals surface area contributed by atoms with Crippen molar-refractivity contribution in [2.75, 3.05) is 6.61 Å². The Kier molecular flexibility index (Phi) is 6.45. The lowest BCUT2D eigenvalue weighted by molar-refractivity contribution is 0.0949. The molecule has 0 fully saturated rings. The van der Waals surface area contributed by atoms with Gasteiger partial charge in [0.05, 0.1) is 34.8 Å². The molecule has 0 bridgehead atoms. The van der Waals surface area contributed by atoms with Crippen LogP contribution in [-0.2, 0) is 13.1 Å². The molecule has 0 saturated heterocycles. The second-order valence-corrected chi connectivity index (χ2v) is 8.42. The number of carbonyl (C=O) groups excluding carboxylic acids is 1. The zero-order valence-electron chi connectivity index (χ0n) is 18.6. The Bertz CT molecular complexity index is 1460. The van der Waals surface area contributed by atoms with E-state index in [2.05, 4.69) is 28.1 Å². The fourth-order valence-corrected chi connectivity index (χ4v) is 4.36. The number of carbonyl (C=O) groups is 1. The third kappa shape index (κ3) is 4.61. The second-order valence-electron chi connectivity index (χ2n) is 8.01. The van der Waals surface area contributed by atoms with Gasteiger partial charge in [-0.05, 0) is 42.1 Å². The smallest absolute Gasteiger partial charge is 0.253 e. The van der Waals surface area contributed by atoms with E-state index in [9.17, 15) is 4.79 Å². The molecule has 4 aromatic carbocycles. The van der Waals surface area contributed by atoms with Gasteiger partial charge in [0.25, 0.3) is 5.91 Å². The zero-order chi connectivity index (χ0) is 23.3. The number of benzene rings is 4. The molecule has 0 saturated carbocycles. The van der Waals surface area contributed by atoms with Crippen molar-refractivity contribution in [3.63, 3.8) is 0 Å². The monoisotopic (exact) mass is 469 g/mol. The van der Waals surface area contributed by atoms with Crippen LogP contribution < -0.4 is 10.1 Å². The Morgan fingerprint density at radius 1 is 0.912 bits per heavy atom. The number of rotatable bonds is 8. The van der Waals surface area contributed by atoms with Crippen molar-refractivity contribution >= 4 is 39.3 Å². The summed E-state index contributed by atoms with van der Waals surface area (Å²) in [6.07, 6.45) is 0.801. The number of halogens is 1. The van der Waals surface area contributed by atoms with Gasteiger partial charge in [0.1, 0.15) is 11.6 Å². The summed E-state index contributed by atoms with van der Waals surface area (Å²) in [5.41, 5.74) is 2.39. The van der Waals surface area contributed by atoms with Gasteiger partial charge in [-0.3, -0.25) is 4.79 Å². The van der Waals surface area contributed by atoms with Gasteiger partial charge in [-0.2, -0.15) is 0 Å². The maximum absolute atomic E-state index is 12.6. The van der Waals surface area contributed by atoms with Crippen LogP contribution in [0, 0.1) is 0 Å². The van der Waals surface area contributed by atoms with E-state index in [-0.39, 0.29) is 5.91 Å². The fraction of sp³-hybridized carbons (Fsp3) is 0.143. The summed E-state index contributed by atoms with van der Waals surface area (Å²) in [5.74, 6) is 1.47. The van der Waals surface area contributed by atoms with E-state index in [4.69, 9.17) is 21.3 Å². The number of amides is 1. The number of aryl methyl sites for hydroxylation is 1. The molecule has 1 heterocycles. The minimum absolute atomic E-state index is 0.219. The molecule has 0 aliphatic carbocycles. The SMILES string of the molecule is O=C(NCc1nc2ccccc2n1CCCOc1cccc2ccccc12)c1ccccc1Cl. The topological polar surface area (TPSA) is 56.2 Å². The molecule has 0 atom stereocenters. The van der Waals surface area contributed by atoms with Crippen molar-refractivity contribution in [1.82, 2.24) is 14.9 Å². The van der Waals surface area contributed by atoms with Gasteiger partial charge >= 0.3 is 0 Å². The molecule has 5 aromatic rings. The predicted octanol–water partition coefficient (Wildman–Crippen LogP) is 6.24. The average molecular weight is 470 g/mol. The van der Waals surface area contributed by atoms with Crippen molar-refractivity contribution < 1.29 is 9.53 Å². The summed E-state index contributed by atoms with van der Waals surface area (Å²) in [4.78, 5) is 17.4. The molecular weight excluding hydrogens is 446 g/mol. The van der Waals surface area contributed by atoms with Gasteiger partial charge < -0.3 is 14.6 Å². The maximum Gasteiger partial charge on any atom is 0.253 e. The summed E-state index contributed by atoms with van der Waals surface area (Å²) in [5, 5.41) is 5.66. The number of ether oxygens (including phenoxy) is 1. The average Bonchev–Trinajstić information content (AvgIpc) is 3.23. The third-order valence-electron chi connectivity index (χ3n) is 5.79. The Morgan fingerprint density at radius 2 is 1.68 bits per heavy atom. The molecule has 170 valence electrons. The van der Waals surface area contributed by atoms with Crippen molar-refractivity contribution in [1.29, 1.82) is 0 Å². The highest BCUT2D eigenvalue weighted by atomic mass is 35.5. The minimum Gasteiger partial charge on any atom is -0.493 e. The number of aromatic nitrogens is 2. The third-order valence-corrected chi connectivity index (χ3v) is 6.12. The molecule has 5 nitrogen and oxygen atoms in total. The van der Waals surface area contributed by atoms with E-state index in [1.165, 1.54) is 0 Å². The first-order valence-electron chi connectivity index (χ1n) is 11.3. The Labute approximate surface area is 203 Å². The van der Waals surface area contributed by atoms with Crippen LogP contribution >= 0.6 is 11.6 Å². The molecule has 34 heavy (non-hydrogen) atoms. The van der Waals surface area contributed by atoms with Crippen LogP contribution in [0.1, 0.15) is 22.6 Å². The van der Waals surface area contributed by atoms with E-state index in [1.807, 2.05) is 48.5 Å². The molecule has 0 aliphatic heterocycles. The summed E-state index contributed by atoms with van der Waals surface area (Å²) in [6.45, 7) is 1.61. The minimum atomic E-state index is -0.219. The number of hydrogen-bond donors (Lipinski definition) is 1. The predicted molar refractivity (Wildman–Crippen MR) is 136 cm³/mol. The number of para-hydroxylation sites is 2. The molecule has 1 amide bonds. The summed E-state index contributed by atoms with van der Waals surface area (Å²) < 4.78 is 8.27. The number of nitrogens with zero attached hydrogens (tertiary/aromatic N) is 2. The molecule has 0 unspecified atom stereocenters. The number of fused-ring (bicyclic) bond motifs is 2. The lowest BCUT2D eigenvalue weighted by Gasteiger charge is -2.12. The van der Waals surface area contributed by atoms with Crippen LogP contribution in [0.25, 0.3) is 21.8 Å². The molecule has 1 N–H and O–H groups in total. The lowest BCUT2D eigenvalue weighted by Crippen LogP contribution is -2.25. The van der Waals surface area contributed by atoms with Crippen molar-refractivity contribution in [3.05, 3.63) is 107 Å². The van der Waals surface area contributed by atoms with E-state index >= 15 is 0 Å². The number of imidazole rings is 1. The van der Waals surface area contributed by atoms with Crippen molar-refractivity contribution in [2.45, 2.75) is 19.5 Å². The van der Waals surface area contributed by atoms with Crippen LogP contribution in [0.15, 0.2) is 91.0 Å². The van der Waals surface area contributed by atoms with Gasteiger partial charge in [0, 0.05) is 11.9 Å². The van der Waals surface area contributed by atoms with E-state index in [0.717, 1.165) is 46.3 Å².